The Morgan fingerprint density at radius 2 is 1.80 bits per heavy atom. The van der Waals surface area contributed by atoms with E-state index in [-0.39, 0.29) is 17.7 Å². The Labute approximate surface area is 150 Å². The summed E-state index contributed by atoms with van der Waals surface area (Å²) in [7, 11) is -3.30. The second kappa shape index (κ2) is 7.85. The largest absolute Gasteiger partial charge is 0.352 e. The van der Waals surface area contributed by atoms with Gasteiger partial charge in [0.05, 0.1) is 12.3 Å². The van der Waals surface area contributed by atoms with Crippen LogP contribution in [0.1, 0.15) is 25.3 Å². The van der Waals surface area contributed by atoms with Crippen molar-refractivity contribution >= 4 is 15.9 Å². The molecular weight excluding hydrogens is 338 g/mol. The number of carbonyl (C=O) groups is 1. The number of hydrogen-bond acceptors (Lipinski definition) is 4. The molecule has 6 nitrogen and oxygen atoms in total. The number of nitrogens with zero attached hydrogens (tertiary/aromatic N) is 2. The molecule has 0 aromatic heterocycles. The highest BCUT2D eigenvalue weighted by atomic mass is 32.2. The Morgan fingerprint density at radius 3 is 2.40 bits per heavy atom. The fourth-order valence-corrected chi connectivity index (χ4v) is 4.77. The molecule has 2 aliphatic rings. The molecule has 0 spiro atoms. The highest BCUT2D eigenvalue weighted by Crippen LogP contribution is 2.32. The number of rotatable bonds is 7. The van der Waals surface area contributed by atoms with E-state index in [1.165, 1.54) is 12.8 Å². The molecule has 1 aromatic rings. The number of benzene rings is 1. The number of sulfonamides is 1. The zero-order valence-corrected chi connectivity index (χ0v) is 15.5. The topological polar surface area (TPSA) is 69.7 Å². The molecule has 7 heteroatoms. The lowest BCUT2D eigenvalue weighted by Gasteiger charge is -2.33. The third kappa shape index (κ3) is 5.26. The fourth-order valence-electron chi connectivity index (χ4n) is 3.26. The number of carbonyl (C=O) groups excluding carboxylic acids is 1. The molecule has 2 fully saturated rings. The van der Waals surface area contributed by atoms with Gasteiger partial charge >= 0.3 is 0 Å². The van der Waals surface area contributed by atoms with E-state index >= 15 is 0 Å². The number of piperazine rings is 1. The average molecular weight is 365 g/mol. The summed E-state index contributed by atoms with van der Waals surface area (Å²) in [6.45, 7) is 4.49. The van der Waals surface area contributed by atoms with Gasteiger partial charge in [-0.3, -0.25) is 9.69 Å². The molecule has 138 valence electrons. The lowest BCUT2D eigenvalue weighted by Crippen LogP contribution is -2.52. The van der Waals surface area contributed by atoms with Crippen LogP contribution in [0.25, 0.3) is 0 Å². The van der Waals surface area contributed by atoms with E-state index in [0.29, 0.717) is 38.6 Å². The quantitative estimate of drug-likeness (QED) is 0.784. The van der Waals surface area contributed by atoms with Crippen LogP contribution in [0.3, 0.4) is 0 Å². The molecule has 25 heavy (non-hydrogen) atoms. The average Bonchev–Trinajstić information content (AvgIpc) is 3.40. The van der Waals surface area contributed by atoms with Crippen LogP contribution in [0.5, 0.6) is 0 Å². The number of amides is 1. The molecule has 0 bridgehead atoms. The van der Waals surface area contributed by atoms with Gasteiger partial charge in [-0.15, -0.1) is 0 Å². The van der Waals surface area contributed by atoms with Crippen molar-refractivity contribution in [2.45, 2.75) is 31.6 Å². The second-order valence-electron chi connectivity index (χ2n) is 7.11. The lowest BCUT2D eigenvalue weighted by molar-refractivity contribution is -0.123. The van der Waals surface area contributed by atoms with Gasteiger partial charge in [-0.1, -0.05) is 30.3 Å². The predicted molar refractivity (Wildman–Crippen MR) is 97.4 cm³/mol. The first-order valence-electron chi connectivity index (χ1n) is 8.97. The molecule has 1 heterocycles. The van der Waals surface area contributed by atoms with Crippen LogP contribution < -0.4 is 5.32 Å². The Kier molecular flexibility index (Phi) is 5.76. The van der Waals surface area contributed by atoms with E-state index in [2.05, 4.69) is 12.2 Å². The summed E-state index contributed by atoms with van der Waals surface area (Å²) >= 11 is 0. The van der Waals surface area contributed by atoms with Crippen molar-refractivity contribution in [2.24, 2.45) is 5.92 Å². The van der Waals surface area contributed by atoms with E-state index in [0.717, 1.165) is 5.56 Å². The summed E-state index contributed by atoms with van der Waals surface area (Å²) in [5.74, 6) is 0.719. The van der Waals surface area contributed by atoms with Gasteiger partial charge in [0.1, 0.15) is 0 Å². The Bertz CT molecular complexity index is 681. The van der Waals surface area contributed by atoms with Crippen molar-refractivity contribution in [3.63, 3.8) is 0 Å². The molecule has 0 radical (unpaired) electrons. The van der Waals surface area contributed by atoms with E-state index in [1.807, 2.05) is 35.2 Å². The van der Waals surface area contributed by atoms with Crippen LogP contribution in [0.15, 0.2) is 30.3 Å². The van der Waals surface area contributed by atoms with Gasteiger partial charge in [0.15, 0.2) is 0 Å². The Balaban J connectivity index is 1.45. The summed E-state index contributed by atoms with van der Waals surface area (Å²) < 4.78 is 26.6. The molecule has 3 rings (SSSR count). The Morgan fingerprint density at radius 1 is 1.16 bits per heavy atom. The molecule has 1 saturated carbocycles. The lowest BCUT2D eigenvalue weighted by atomic mass is 10.2. The van der Waals surface area contributed by atoms with Crippen molar-refractivity contribution in [3.8, 4) is 0 Å². The van der Waals surface area contributed by atoms with Crippen molar-refractivity contribution in [3.05, 3.63) is 35.9 Å². The third-order valence-corrected chi connectivity index (χ3v) is 6.85. The van der Waals surface area contributed by atoms with Gasteiger partial charge in [-0.2, -0.15) is 4.31 Å². The maximum absolute atomic E-state index is 12.5. The van der Waals surface area contributed by atoms with Crippen LogP contribution in [0.4, 0.5) is 0 Å². The van der Waals surface area contributed by atoms with Crippen molar-refractivity contribution < 1.29 is 13.2 Å². The van der Waals surface area contributed by atoms with Gasteiger partial charge in [0.2, 0.25) is 15.9 Å². The summed E-state index contributed by atoms with van der Waals surface area (Å²) in [5, 5.41) is 3.05. The standard InChI is InChI=1S/C18H27N3O3S/c1-15(17-7-8-17)19-18(22)13-20-9-11-21(12-10-20)25(23,24)14-16-5-3-2-4-6-16/h2-6,15,17H,7-14H2,1H3,(H,19,22)/t15-/m1/s1. The van der Waals surface area contributed by atoms with Gasteiger partial charge in [-0.05, 0) is 31.2 Å². The van der Waals surface area contributed by atoms with E-state index in [1.54, 1.807) is 4.31 Å². The van der Waals surface area contributed by atoms with E-state index in [4.69, 9.17) is 0 Å². The van der Waals surface area contributed by atoms with Crippen LogP contribution in [-0.4, -0.2) is 62.3 Å². The zero-order valence-electron chi connectivity index (χ0n) is 14.7. The third-order valence-electron chi connectivity index (χ3n) is 5.00. The van der Waals surface area contributed by atoms with Gasteiger partial charge < -0.3 is 5.32 Å². The van der Waals surface area contributed by atoms with E-state index in [9.17, 15) is 13.2 Å². The summed E-state index contributed by atoms with van der Waals surface area (Å²) in [6.07, 6.45) is 2.42. The molecule has 1 aromatic carbocycles. The van der Waals surface area contributed by atoms with Crippen molar-refractivity contribution in [1.82, 2.24) is 14.5 Å². The molecule has 1 aliphatic carbocycles. The highest BCUT2D eigenvalue weighted by Gasteiger charge is 2.30. The number of hydrogen-bond donors (Lipinski definition) is 1. The SMILES string of the molecule is C[C@@H](NC(=O)CN1CCN(S(=O)(=O)Cc2ccccc2)CC1)C1CC1. The van der Waals surface area contributed by atoms with Crippen molar-refractivity contribution in [2.75, 3.05) is 32.7 Å². The second-order valence-corrected chi connectivity index (χ2v) is 9.08. The van der Waals surface area contributed by atoms with Crippen LogP contribution in [0.2, 0.25) is 0 Å². The van der Waals surface area contributed by atoms with Gasteiger partial charge in [0.25, 0.3) is 0 Å². The maximum atomic E-state index is 12.5. The highest BCUT2D eigenvalue weighted by molar-refractivity contribution is 7.88. The zero-order chi connectivity index (χ0) is 17.9. The fraction of sp³-hybridized carbons (Fsp3) is 0.611. The minimum atomic E-state index is -3.30. The number of nitrogens with one attached hydrogen (secondary N) is 1. The van der Waals surface area contributed by atoms with Gasteiger partial charge in [-0.25, -0.2) is 8.42 Å². The monoisotopic (exact) mass is 365 g/mol. The molecule has 0 unspecified atom stereocenters. The molecule has 1 atom stereocenters. The first-order valence-corrected chi connectivity index (χ1v) is 10.6. The molecule has 1 saturated heterocycles. The van der Waals surface area contributed by atoms with E-state index < -0.39 is 10.0 Å². The Hall–Kier alpha value is -1.44. The predicted octanol–water partition coefficient (Wildman–Crippen LogP) is 1.05. The van der Waals surface area contributed by atoms with Gasteiger partial charge in [0, 0.05) is 32.2 Å². The van der Waals surface area contributed by atoms with Crippen LogP contribution in [-0.2, 0) is 20.6 Å². The van der Waals surface area contributed by atoms with Crippen molar-refractivity contribution in [1.29, 1.82) is 0 Å². The normalized spacial score (nSPS) is 21.0. The summed E-state index contributed by atoms with van der Waals surface area (Å²) in [4.78, 5) is 14.1. The summed E-state index contributed by atoms with van der Waals surface area (Å²) in [6, 6.07) is 9.50. The summed E-state index contributed by atoms with van der Waals surface area (Å²) in [5.41, 5.74) is 0.804. The maximum Gasteiger partial charge on any atom is 0.234 e. The molecular formula is C18H27N3O3S. The smallest absolute Gasteiger partial charge is 0.234 e. The van der Waals surface area contributed by atoms with Crippen LogP contribution in [0, 0.1) is 5.92 Å². The first kappa shape index (κ1) is 18.4. The minimum absolute atomic E-state index is 0.0349. The first-order chi connectivity index (χ1) is 11.9. The van der Waals surface area contributed by atoms with Crippen LogP contribution >= 0.6 is 0 Å². The molecule has 1 N–H and O–H groups in total. The molecule has 1 aliphatic heterocycles. The molecule has 1 amide bonds. The minimum Gasteiger partial charge on any atom is -0.352 e.